The second kappa shape index (κ2) is 6.65. The summed E-state index contributed by atoms with van der Waals surface area (Å²) >= 11 is 0. The van der Waals surface area contributed by atoms with Crippen LogP contribution in [0.5, 0.6) is 5.75 Å². The lowest BCUT2D eigenvalue weighted by atomic mass is 10.2. The summed E-state index contributed by atoms with van der Waals surface area (Å²) in [6, 6.07) is 7.69. The highest BCUT2D eigenvalue weighted by molar-refractivity contribution is 5.85. The van der Waals surface area contributed by atoms with Crippen molar-refractivity contribution in [1.29, 1.82) is 0 Å². The Kier molecular flexibility index (Phi) is 6.28. The minimum Gasteiger partial charge on any atom is -0.491 e. The summed E-state index contributed by atoms with van der Waals surface area (Å²) in [5.41, 5.74) is 6.37. The van der Waals surface area contributed by atoms with Crippen LogP contribution in [0.4, 0.5) is 0 Å². The number of rotatable bonds is 4. The van der Waals surface area contributed by atoms with E-state index in [1.807, 2.05) is 31.2 Å². The molecule has 0 fully saturated rings. The summed E-state index contributed by atoms with van der Waals surface area (Å²) in [6.07, 6.45) is -0.583. The van der Waals surface area contributed by atoms with Crippen LogP contribution < -0.4 is 10.5 Å². The van der Waals surface area contributed by atoms with Crippen molar-refractivity contribution in [3.63, 3.8) is 0 Å². The van der Waals surface area contributed by atoms with Crippen molar-refractivity contribution in [3.05, 3.63) is 29.8 Å². The maximum absolute atomic E-state index is 9.14. The first kappa shape index (κ1) is 13.2. The molecule has 0 radical (unpaired) electrons. The van der Waals surface area contributed by atoms with Crippen molar-refractivity contribution < 1.29 is 9.84 Å². The maximum atomic E-state index is 9.14. The number of aliphatic hydroxyl groups excluding tert-OH is 1. The van der Waals surface area contributed by atoms with Crippen molar-refractivity contribution in [1.82, 2.24) is 0 Å². The third-order valence-corrected chi connectivity index (χ3v) is 1.70. The number of hydrogen-bond acceptors (Lipinski definition) is 3. The van der Waals surface area contributed by atoms with Gasteiger partial charge in [0.15, 0.2) is 0 Å². The van der Waals surface area contributed by atoms with E-state index in [0.29, 0.717) is 0 Å². The summed E-state index contributed by atoms with van der Waals surface area (Å²) in [4.78, 5) is 0. The Labute approximate surface area is 90.3 Å². The average molecular weight is 218 g/mol. The molecule has 3 nitrogen and oxygen atoms in total. The zero-order valence-corrected chi connectivity index (χ0v) is 8.96. The van der Waals surface area contributed by atoms with Gasteiger partial charge in [-0.1, -0.05) is 12.1 Å². The first-order chi connectivity index (χ1) is 6.22. The van der Waals surface area contributed by atoms with Crippen LogP contribution in [-0.2, 0) is 0 Å². The highest BCUT2D eigenvalue weighted by Gasteiger charge is 2.01. The largest absolute Gasteiger partial charge is 0.491 e. The van der Waals surface area contributed by atoms with Crippen molar-refractivity contribution in [2.75, 3.05) is 13.2 Å². The molecule has 14 heavy (non-hydrogen) atoms. The number of benzene rings is 1. The summed E-state index contributed by atoms with van der Waals surface area (Å²) in [7, 11) is 0. The zero-order chi connectivity index (χ0) is 9.68. The highest BCUT2D eigenvalue weighted by atomic mass is 35.5. The molecule has 0 spiro atoms. The van der Waals surface area contributed by atoms with Crippen LogP contribution in [0.15, 0.2) is 24.3 Å². The number of hydrogen-bond donors (Lipinski definition) is 2. The molecule has 0 amide bonds. The highest BCUT2D eigenvalue weighted by Crippen LogP contribution is 2.12. The fourth-order valence-corrected chi connectivity index (χ4v) is 0.966. The molecule has 0 aliphatic carbocycles. The molecule has 1 rings (SSSR count). The van der Waals surface area contributed by atoms with Crippen LogP contribution in [0.2, 0.25) is 0 Å². The van der Waals surface area contributed by atoms with Gasteiger partial charge in [-0.15, -0.1) is 12.4 Å². The average Bonchev–Trinajstić information content (AvgIpc) is 2.14. The molecule has 0 saturated heterocycles. The molecule has 1 aromatic rings. The Bertz CT molecular complexity index is 268. The molecule has 0 heterocycles. The van der Waals surface area contributed by atoms with Crippen molar-refractivity contribution >= 4 is 12.4 Å². The molecular weight excluding hydrogens is 202 g/mol. The maximum Gasteiger partial charge on any atom is 0.119 e. The fourth-order valence-electron chi connectivity index (χ4n) is 0.966. The molecular formula is C10H16ClNO2. The van der Waals surface area contributed by atoms with E-state index in [-0.39, 0.29) is 25.6 Å². The Morgan fingerprint density at radius 3 is 2.79 bits per heavy atom. The van der Waals surface area contributed by atoms with Gasteiger partial charge in [0, 0.05) is 6.54 Å². The summed E-state index contributed by atoms with van der Waals surface area (Å²) in [5, 5.41) is 9.14. The minimum absolute atomic E-state index is 0. The van der Waals surface area contributed by atoms with E-state index in [9.17, 15) is 0 Å². The third-order valence-electron chi connectivity index (χ3n) is 1.70. The molecule has 1 aromatic carbocycles. The molecule has 4 heteroatoms. The van der Waals surface area contributed by atoms with E-state index in [0.717, 1.165) is 11.3 Å². The normalized spacial score (nSPS) is 11.6. The molecule has 0 aromatic heterocycles. The van der Waals surface area contributed by atoms with Crippen LogP contribution in [0, 0.1) is 6.92 Å². The van der Waals surface area contributed by atoms with E-state index < -0.39 is 6.10 Å². The number of aliphatic hydroxyl groups is 1. The third kappa shape index (κ3) is 4.46. The molecule has 3 N–H and O–H groups in total. The molecule has 1 atom stereocenters. The number of aryl methyl sites for hydroxylation is 1. The van der Waals surface area contributed by atoms with Gasteiger partial charge < -0.3 is 15.6 Å². The van der Waals surface area contributed by atoms with Gasteiger partial charge in [0.1, 0.15) is 18.5 Å². The quantitative estimate of drug-likeness (QED) is 0.795. The van der Waals surface area contributed by atoms with Gasteiger partial charge in [-0.2, -0.15) is 0 Å². The van der Waals surface area contributed by atoms with Crippen LogP contribution in [0.1, 0.15) is 5.56 Å². The Hall–Kier alpha value is -0.770. The smallest absolute Gasteiger partial charge is 0.119 e. The predicted molar refractivity (Wildman–Crippen MR) is 59.0 cm³/mol. The first-order valence-corrected chi connectivity index (χ1v) is 4.30. The number of nitrogens with two attached hydrogens (primary N) is 1. The lowest BCUT2D eigenvalue weighted by molar-refractivity contribution is 0.114. The zero-order valence-electron chi connectivity index (χ0n) is 8.14. The standard InChI is InChI=1S/C10H15NO2.ClH/c1-8-3-2-4-10(5-8)13-7-9(12)6-11;/h2-5,9,12H,6-7,11H2,1H3;1H. The van der Waals surface area contributed by atoms with Gasteiger partial charge in [0.2, 0.25) is 0 Å². The lowest BCUT2D eigenvalue weighted by Gasteiger charge is -2.10. The van der Waals surface area contributed by atoms with Crippen LogP contribution >= 0.6 is 12.4 Å². The first-order valence-electron chi connectivity index (χ1n) is 4.30. The van der Waals surface area contributed by atoms with Crippen LogP contribution in [-0.4, -0.2) is 24.4 Å². The van der Waals surface area contributed by atoms with Crippen molar-refractivity contribution in [3.8, 4) is 5.75 Å². The molecule has 80 valence electrons. The lowest BCUT2D eigenvalue weighted by Crippen LogP contribution is -2.26. The van der Waals surface area contributed by atoms with Gasteiger partial charge in [-0.05, 0) is 24.6 Å². The molecule has 0 aliphatic heterocycles. The molecule has 0 bridgehead atoms. The van der Waals surface area contributed by atoms with E-state index in [1.165, 1.54) is 0 Å². The van der Waals surface area contributed by atoms with E-state index in [2.05, 4.69) is 0 Å². The van der Waals surface area contributed by atoms with E-state index >= 15 is 0 Å². The van der Waals surface area contributed by atoms with Gasteiger partial charge in [0.05, 0.1) is 0 Å². The topological polar surface area (TPSA) is 55.5 Å². The predicted octanol–water partition coefficient (Wildman–Crippen LogP) is 1.12. The summed E-state index contributed by atoms with van der Waals surface area (Å²) in [5.74, 6) is 0.771. The summed E-state index contributed by atoms with van der Waals surface area (Å²) in [6.45, 7) is 2.47. The van der Waals surface area contributed by atoms with Gasteiger partial charge >= 0.3 is 0 Å². The SMILES string of the molecule is Cc1cccc(OCC(O)CN)c1.Cl. The van der Waals surface area contributed by atoms with Crippen molar-refractivity contribution in [2.45, 2.75) is 13.0 Å². The fraction of sp³-hybridized carbons (Fsp3) is 0.400. The van der Waals surface area contributed by atoms with Crippen LogP contribution in [0.3, 0.4) is 0 Å². The monoisotopic (exact) mass is 217 g/mol. The van der Waals surface area contributed by atoms with Crippen LogP contribution in [0.25, 0.3) is 0 Å². The Morgan fingerprint density at radius 2 is 2.21 bits per heavy atom. The minimum atomic E-state index is -0.583. The van der Waals surface area contributed by atoms with E-state index in [1.54, 1.807) is 0 Å². The Morgan fingerprint density at radius 1 is 1.50 bits per heavy atom. The summed E-state index contributed by atoms with van der Waals surface area (Å²) < 4.78 is 5.31. The molecule has 1 unspecified atom stereocenters. The van der Waals surface area contributed by atoms with Crippen molar-refractivity contribution in [2.24, 2.45) is 5.73 Å². The second-order valence-corrected chi connectivity index (χ2v) is 3.02. The van der Waals surface area contributed by atoms with E-state index in [4.69, 9.17) is 15.6 Å². The van der Waals surface area contributed by atoms with Gasteiger partial charge in [-0.3, -0.25) is 0 Å². The Balaban J connectivity index is 0.00000169. The van der Waals surface area contributed by atoms with Gasteiger partial charge in [-0.25, -0.2) is 0 Å². The molecule has 0 saturated carbocycles. The van der Waals surface area contributed by atoms with Gasteiger partial charge in [0.25, 0.3) is 0 Å². The number of ether oxygens (including phenoxy) is 1. The second-order valence-electron chi connectivity index (χ2n) is 3.02. The number of halogens is 1. The molecule has 0 aliphatic rings.